The van der Waals surface area contributed by atoms with Gasteiger partial charge in [0.25, 0.3) is 0 Å². The lowest BCUT2D eigenvalue weighted by Crippen LogP contribution is -2.51. The van der Waals surface area contributed by atoms with E-state index in [1.807, 2.05) is 0 Å². The lowest BCUT2D eigenvalue weighted by molar-refractivity contribution is 0.0337. The van der Waals surface area contributed by atoms with E-state index in [1.165, 1.54) is 19.3 Å². The highest BCUT2D eigenvalue weighted by molar-refractivity contribution is 6.00. The number of hydrogen-bond donors (Lipinski definition) is 0. The Morgan fingerprint density at radius 2 is 2.05 bits per heavy atom. The molecule has 2 unspecified atom stereocenters. The number of rotatable bonds is 3. The number of ether oxygens (including phenoxy) is 1. The van der Waals surface area contributed by atoms with E-state index >= 15 is 0 Å². The predicted molar refractivity (Wildman–Crippen MR) is 77.0 cm³/mol. The van der Waals surface area contributed by atoms with Crippen molar-refractivity contribution in [3.63, 3.8) is 0 Å². The number of piperidine rings is 2. The molecule has 4 heteroatoms. The maximum absolute atomic E-state index is 12.8. The van der Waals surface area contributed by atoms with E-state index in [4.69, 9.17) is 4.74 Å². The van der Waals surface area contributed by atoms with Crippen LogP contribution in [0.5, 0.6) is 5.75 Å². The van der Waals surface area contributed by atoms with Crippen LogP contribution in [0, 0.1) is 5.92 Å². The second-order valence-electron chi connectivity index (χ2n) is 6.01. The van der Waals surface area contributed by atoms with E-state index in [1.54, 1.807) is 25.6 Å². The molecule has 1 aromatic rings. The Bertz CT molecular complexity index is 489. The Hall–Kier alpha value is -1.42. The van der Waals surface area contributed by atoms with Crippen molar-refractivity contribution in [3.8, 4) is 5.75 Å². The monoisotopic (exact) mass is 274 g/mol. The minimum absolute atomic E-state index is 0.125. The van der Waals surface area contributed by atoms with Crippen molar-refractivity contribution < 1.29 is 9.53 Å². The van der Waals surface area contributed by atoms with Gasteiger partial charge in [0, 0.05) is 30.4 Å². The van der Waals surface area contributed by atoms with Gasteiger partial charge in [0.2, 0.25) is 0 Å². The lowest BCUT2D eigenvalue weighted by atomic mass is 9.76. The maximum Gasteiger partial charge on any atom is 0.171 e. The van der Waals surface area contributed by atoms with Crippen molar-refractivity contribution in [1.29, 1.82) is 0 Å². The quantitative estimate of drug-likeness (QED) is 0.794. The van der Waals surface area contributed by atoms with E-state index in [9.17, 15) is 4.79 Å². The van der Waals surface area contributed by atoms with Crippen molar-refractivity contribution in [1.82, 2.24) is 9.88 Å². The van der Waals surface area contributed by atoms with Gasteiger partial charge in [0.15, 0.2) is 5.78 Å². The standard InChI is InChI=1S/C16H22N2O2/c1-18-12-4-3-5-13(18)9-11(8-12)16(19)14-10-17-7-6-15(14)20-2/h6-7,10-13H,3-5,8-9H2,1-2H3. The Morgan fingerprint density at radius 3 is 2.70 bits per heavy atom. The van der Waals surface area contributed by atoms with Crippen molar-refractivity contribution in [2.75, 3.05) is 14.2 Å². The van der Waals surface area contributed by atoms with Crippen molar-refractivity contribution in [2.24, 2.45) is 5.92 Å². The normalized spacial score (nSPS) is 30.0. The Morgan fingerprint density at radius 1 is 1.35 bits per heavy atom. The molecule has 3 rings (SSSR count). The third kappa shape index (κ3) is 2.33. The molecule has 2 saturated heterocycles. The second kappa shape index (κ2) is 5.52. The molecule has 1 aromatic heterocycles. The molecule has 108 valence electrons. The maximum atomic E-state index is 12.8. The summed E-state index contributed by atoms with van der Waals surface area (Å²) in [4.78, 5) is 19.3. The molecule has 0 aliphatic carbocycles. The van der Waals surface area contributed by atoms with E-state index in [2.05, 4.69) is 16.9 Å². The summed E-state index contributed by atoms with van der Waals surface area (Å²) in [5.74, 6) is 0.980. The smallest absolute Gasteiger partial charge is 0.171 e. The van der Waals surface area contributed by atoms with Gasteiger partial charge in [0.1, 0.15) is 5.75 Å². The van der Waals surface area contributed by atoms with Gasteiger partial charge in [-0.15, -0.1) is 0 Å². The fourth-order valence-electron chi connectivity index (χ4n) is 3.79. The number of carbonyl (C=O) groups is 1. The number of methoxy groups -OCH3 is 1. The van der Waals surface area contributed by atoms with Crippen molar-refractivity contribution >= 4 is 5.78 Å². The Kier molecular flexibility index (Phi) is 3.74. The molecule has 2 fully saturated rings. The minimum Gasteiger partial charge on any atom is -0.496 e. The molecular weight excluding hydrogens is 252 g/mol. The Labute approximate surface area is 120 Å². The first-order valence-corrected chi connectivity index (χ1v) is 7.45. The molecule has 20 heavy (non-hydrogen) atoms. The van der Waals surface area contributed by atoms with Crippen LogP contribution in [0.1, 0.15) is 42.5 Å². The largest absolute Gasteiger partial charge is 0.496 e. The summed E-state index contributed by atoms with van der Waals surface area (Å²) in [6.07, 6.45) is 9.01. The van der Waals surface area contributed by atoms with E-state index < -0.39 is 0 Å². The van der Waals surface area contributed by atoms with Gasteiger partial charge < -0.3 is 9.64 Å². The Balaban J connectivity index is 1.81. The summed E-state index contributed by atoms with van der Waals surface area (Å²) in [5.41, 5.74) is 0.641. The van der Waals surface area contributed by atoms with Crippen molar-refractivity contribution in [3.05, 3.63) is 24.0 Å². The molecule has 0 aromatic carbocycles. The highest BCUT2D eigenvalue weighted by Crippen LogP contribution is 2.37. The summed E-state index contributed by atoms with van der Waals surface area (Å²) in [5, 5.41) is 0. The number of nitrogens with zero attached hydrogens (tertiary/aromatic N) is 2. The first kappa shape index (κ1) is 13.6. The number of aromatic nitrogens is 1. The van der Waals surface area contributed by atoms with Gasteiger partial charge in [-0.25, -0.2) is 0 Å². The summed E-state index contributed by atoms with van der Waals surface area (Å²) < 4.78 is 5.30. The third-order valence-electron chi connectivity index (χ3n) is 4.98. The topological polar surface area (TPSA) is 42.4 Å². The zero-order valence-corrected chi connectivity index (χ0v) is 12.2. The van der Waals surface area contributed by atoms with Crippen LogP contribution >= 0.6 is 0 Å². The molecule has 0 spiro atoms. The van der Waals surface area contributed by atoms with Crippen LogP contribution in [-0.2, 0) is 0 Å². The zero-order chi connectivity index (χ0) is 14.1. The fourth-order valence-corrected chi connectivity index (χ4v) is 3.79. The van der Waals surface area contributed by atoms with E-state index in [-0.39, 0.29) is 11.7 Å². The molecule has 2 atom stereocenters. The van der Waals surface area contributed by atoms with Gasteiger partial charge >= 0.3 is 0 Å². The number of pyridine rings is 1. The van der Waals surface area contributed by atoms with Crippen LogP contribution in [0.15, 0.2) is 18.5 Å². The number of carbonyl (C=O) groups excluding carboxylic acids is 1. The number of Topliss-reactive ketones (excluding diaryl/α,β-unsaturated/α-hetero) is 1. The molecule has 0 saturated carbocycles. The van der Waals surface area contributed by atoms with Crippen LogP contribution in [0.3, 0.4) is 0 Å². The summed E-state index contributed by atoms with van der Waals surface area (Å²) in [6, 6.07) is 2.90. The molecule has 0 N–H and O–H groups in total. The van der Waals surface area contributed by atoms with E-state index in [0.717, 1.165) is 12.8 Å². The molecule has 3 heterocycles. The number of fused-ring (bicyclic) bond motifs is 2. The molecule has 2 bridgehead atoms. The predicted octanol–water partition coefficient (Wildman–Crippen LogP) is 2.54. The van der Waals surface area contributed by atoms with Gasteiger partial charge in [-0.1, -0.05) is 6.42 Å². The minimum atomic E-state index is 0.125. The van der Waals surface area contributed by atoms with Crippen LogP contribution < -0.4 is 4.74 Å². The van der Waals surface area contributed by atoms with Crippen LogP contribution in [0.25, 0.3) is 0 Å². The van der Waals surface area contributed by atoms with Crippen LogP contribution in [-0.4, -0.2) is 41.9 Å². The van der Waals surface area contributed by atoms with Crippen LogP contribution in [0.2, 0.25) is 0 Å². The fraction of sp³-hybridized carbons (Fsp3) is 0.625. The molecule has 0 amide bonds. The third-order valence-corrected chi connectivity index (χ3v) is 4.98. The van der Waals surface area contributed by atoms with Gasteiger partial charge in [-0.05, 0) is 38.8 Å². The van der Waals surface area contributed by atoms with Gasteiger partial charge in [0.05, 0.1) is 12.7 Å². The summed E-state index contributed by atoms with van der Waals surface area (Å²) >= 11 is 0. The summed E-state index contributed by atoms with van der Waals surface area (Å²) in [6.45, 7) is 0. The van der Waals surface area contributed by atoms with Gasteiger partial charge in [-0.3, -0.25) is 9.78 Å². The molecule has 4 nitrogen and oxygen atoms in total. The highest BCUT2D eigenvalue weighted by Gasteiger charge is 2.39. The molecule has 2 aliphatic heterocycles. The zero-order valence-electron chi connectivity index (χ0n) is 12.2. The van der Waals surface area contributed by atoms with Crippen molar-refractivity contribution in [2.45, 2.75) is 44.2 Å². The SMILES string of the molecule is COc1ccncc1C(=O)C1CC2CCCC(C1)N2C. The molecule has 2 aliphatic rings. The number of hydrogen-bond acceptors (Lipinski definition) is 4. The van der Waals surface area contributed by atoms with E-state index in [0.29, 0.717) is 23.4 Å². The average molecular weight is 274 g/mol. The molecule has 0 radical (unpaired) electrons. The highest BCUT2D eigenvalue weighted by atomic mass is 16.5. The van der Waals surface area contributed by atoms with Crippen LogP contribution in [0.4, 0.5) is 0 Å². The summed E-state index contributed by atoms with van der Waals surface area (Å²) in [7, 11) is 3.81. The lowest BCUT2D eigenvalue weighted by Gasteiger charge is -2.46. The molecular formula is C16H22N2O2. The first-order valence-electron chi connectivity index (χ1n) is 7.45. The first-order chi connectivity index (χ1) is 9.70. The number of ketones is 1. The van der Waals surface area contributed by atoms with Gasteiger partial charge in [-0.2, -0.15) is 0 Å². The average Bonchev–Trinajstić information content (AvgIpc) is 2.46. The second-order valence-corrected chi connectivity index (χ2v) is 6.01.